The average Bonchev–Trinajstić information content (AvgIpc) is 3.29. The molecule has 164 valence electrons. The summed E-state index contributed by atoms with van der Waals surface area (Å²) in [5.74, 6) is -2.95. The summed E-state index contributed by atoms with van der Waals surface area (Å²) in [5.41, 5.74) is 2.34. The number of aromatic nitrogens is 1. The van der Waals surface area contributed by atoms with Crippen molar-refractivity contribution in [2.75, 3.05) is 26.2 Å². The predicted molar refractivity (Wildman–Crippen MR) is 113 cm³/mol. The molecule has 1 aliphatic rings. The van der Waals surface area contributed by atoms with E-state index in [1.807, 2.05) is 6.07 Å². The number of hydrogen-bond donors (Lipinski definition) is 4. The molecule has 1 fully saturated rings. The van der Waals surface area contributed by atoms with Gasteiger partial charge >= 0.3 is 0 Å². The first kappa shape index (κ1) is 21.2. The van der Waals surface area contributed by atoms with Crippen LogP contribution in [-0.4, -0.2) is 69.6 Å². The number of H-pyrrole nitrogens is 1. The summed E-state index contributed by atoms with van der Waals surface area (Å²) in [6.07, 6.45) is 1.22. The number of piperazine rings is 1. The van der Waals surface area contributed by atoms with Gasteiger partial charge in [-0.15, -0.1) is 0 Å². The Morgan fingerprint density at radius 2 is 1.62 bits per heavy atom. The Morgan fingerprint density at radius 1 is 0.969 bits per heavy atom. The molecule has 2 heterocycles. The minimum absolute atomic E-state index is 0.117. The van der Waals surface area contributed by atoms with Crippen molar-refractivity contribution in [1.82, 2.24) is 20.3 Å². The Hall–Kier alpha value is -4.05. The van der Waals surface area contributed by atoms with Crippen molar-refractivity contribution in [2.45, 2.75) is 0 Å². The molecule has 0 spiro atoms. The highest BCUT2D eigenvalue weighted by atomic mass is 19.1. The maximum Gasteiger partial charge on any atom is 0.295 e. The van der Waals surface area contributed by atoms with Gasteiger partial charge in [0.25, 0.3) is 17.6 Å². The number of nitrogens with one attached hydrogen (secondary N) is 3. The number of hydrogen-bond acceptors (Lipinski definition) is 5. The van der Waals surface area contributed by atoms with Crippen LogP contribution in [0, 0.1) is 11.2 Å². The van der Waals surface area contributed by atoms with Crippen LogP contribution in [-0.2, 0) is 4.79 Å². The molecule has 1 saturated heterocycles. The Morgan fingerprint density at radius 3 is 2.28 bits per heavy atom. The number of aromatic amines is 1. The van der Waals surface area contributed by atoms with Crippen molar-refractivity contribution in [2.24, 2.45) is 0 Å². The second-order valence-corrected chi connectivity index (χ2v) is 7.31. The summed E-state index contributed by atoms with van der Waals surface area (Å²) < 4.78 is 14.5. The molecule has 0 aliphatic carbocycles. The largest absolute Gasteiger partial charge is 0.360 e. The molecule has 0 atom stereocenters. The lowest BCUT2D eigenvalue weighted by Gasteiger charge is -2.34. The molecule has 0 unspecified atom stereocenters. The van der Waals surface area contributed by atoms with Crippen LogP contribution in [0.25, 0.3) is 10.9 Å². The third kappa shape index (κ3) is 3.71. The van der Waals surface area contributed by atoms with Crippen LogP contribution in [0.3, 0.4) is 0 Å². The van der Waals surface area contributed by atoms with Crippen LogP contribution in [0.5, 0.6) is 0 Å². The monoisotopic (exact) mass is 437 g/mol. The summed E-state index contributed by atoms with van der Waals surface area (Å²) in [5, 5.41) is 16.6. The predicted octanol–water partition coefficient (Wildman–Crippen LogP) is 1.78. The average molecular weight is 437 g/mol. The van der Waals surface area contributed by atoms with E-state index in [0.717, 1.165) is 6.07 Å². The number of fused-ring (bicyclic) bond motifs is 1. The van der Waals surface area contributed by atoms with Crippen molar-refractivity contribution in [3.05, 3.63) is 71.2 Å². The van der Waals surface area contributed by atoms with Crippen molar-refractivity contribution < 1.29 is 24.0 Å². The zero-order chi connectivity index (χ0) is 22.8. The number of hydroxylamine groups is 1. The van der Waals surface area contributed by atoms with E-state index in [1.54, 1.807) is 34.6 Å². The molecule has 4 rings (SSSR count). The van der Waals surface area contributed by atoms with Gasteiger partial charge < -0.3 is 14.8 Å². The van der Waals surface area contributed by atoms with Gasteiger partial charge in [0.05, 0.1) is 11.1 Å². The van der Waals surface area contributed by atoms with Gasteiger partial charge in [0, 0.05) is 48.9 Å². The third-order valence-electron chi connectivity index (χ3n) is 5.48. The fraction of sp³-hybridized carbons (Fsp3) is 0.182. The molecule has 0 saturated carbocycles. The topological polar surface area (TPSA) is 130 Å². The fourth-order valence-electron chi connectivity index (χ4n) is 3.79. The molecule has 0 bridgehead atoms. The third-order valence-corrected chi connectivity index (χ3v) is 5.48. The van der Waals surface area contributed by atoms with E-state index >= 15 is 0 Å². The summed E-state index contributed by atoms with van der Waals surface area (Å²) in [7, 11) is 0. The number of amidine groups is 1. The first-order chi connectivity index (χ1) is 15.4. The molecule has 9 nitrogen and oxygen atoms in total. The maximum absolute atomic E-state index is 14.5. The number of nitrogens with zero attached hydrogens (tertiary/aromatic N) is 2. The van der Waals surface area contributed by atoms with Gasteiger partial charge in [-0.2, -0.15) is 0 Å². The van der Waals surface area contributed by atoms with E-state index < -0.39 is 17.5 Å². The van der Waals surface area contributed by atoms with Gasteiger partial charge in [-0.1, -0.05) is 18.2 Å². The number of halogens is 1. The normalized spacial score (nSPS) is 13.8. The number of ketones is 1. The molecule has 1 aliphatic heterocycles. The molecular weight excluding hydrogens is 417 g/mol. The number of rotatable bonds is 4. The summed E-state index contributed by atoms with van der Waals surface area (Å²) in [6.45, 7) is 0.910. The standard InChI is InChI=1S/C22H20FN5O4/c23-16-7-6-14(20(24)26-32)18-17(16)15(12-25-18)19(29)22(31)28-10-8-27(9-11-28)21(30)13-4-2-1-3-5-13/h1-7,12,25,32H,8-11H2,(H2,24,26). The number of carbonyl (C=O) groups is 3. The summed E-state index contributed by atoms with van der Waals surface area (Å²) >= 11 is 0. The highest BCUT2D eigenvalue weighted by Crippen LogP contribution is 2.26. The van der Waals surface area contributed by atoms with E-state index in [2.05, 4.69) is 4.98 Å². The lowest BCUT2D eigenvalue weighted by Crippen LogP contribution is -2.52. The van der Waals surface area contributed by atoms with Crippen molar-refractivity contribution >= 4 is 34.3 Å². The number of carbonyl (C=O) groups excluding carboxylic acids is 3. The maximum atomic E-state index is 14.5. The van der Waals surface area contributed by atoms with Gasteiger partial charge in [-0.25, -0.2) is 4.39 Å². The van der Waals surface area contributed by atoms with Crippen LogP contribution in [0.4, 0.5) is 4.39 Å². The molecule has 32 heavy (non-hydrogen) atoms. The Bertz CT molecular complexity index is 1220. The quantitative estimate of drug-likeness (QED) is 0.163. The molecule has 2 amide bonds. The van der Waals surface area contributed by atoms with E-state index in [4.69, 9.17) is 10.6 Å². The Labute approximate surface area is 181 Å². The van der Waals surface area contributed by atoms with Gasteiger partial charge in [0.1, 0.15) is 5.82 Å². The van der Waals surface area contributed by atoms with Gasteiger partial charge in [0.15, 0.2) is 5.84 Å². The van der Waals surface area contributed by atoms with Crippen molar-refractivity contribution in [1.29, 1.82) is 5.41 Å². The van der Waals surface area contributed by atoms with E-state index in [0.29, 0.717) is 5.56 Å². The molecule has 10 heteroatoms. The second-order valence-electron chi connectivity index (χ2n) is 7.31. The summed E-state index contributed by atoms with van der Waals surface area (Å²) in [4.78, 5) is 43.9. The molecule has 0 radical (unpaired) electrons. The molecular formula is C22H20FN5O4. The van der Waals surface area contributed by atoms with E-state index in [1.165, 1.54) is 17.2 Å². The lowest BCUT2D eigenvalue weighted by molar-refractivity contribution is -0.127. The molecule has 2 aromatic carbocycles. The smallest absolute Gasteiger partial charge is 0.295 e. The van der Waals surface area contributed by atoms with E-state index in [9.17, 15) is 18.8 Å². The van der Waals surface area contributed by atoms with Crippen LogP contribution in [0.2, 0.25) is 0 Å². The minimum atomic E-state index is -0.890. The highest BCUT2D eigenvalue weighted by Gasteiger charge is 2.31. The Balaban J connectivity index is 1.50. The van der Waals surface area contributed by atoms with Crippen LogP contribution in [0.15, 0.2) is 48.7 Å². The molecule has 1 aromatic heterocycles. The van der Waals surface area contributed by atoms with Crippen molar-refractivity contribution in [3.63, 3.8) is 0 Å². The lowest BCUT2D eigenvalue weighted by atomic mass is 10.0. The number of benzene rings is 2. The molecule has 4 N–H and O–H groups in total. The van der Waals surface area contributed by atoms with Crippen LogP contribution >= 0.6 is 0 Å². The van der Waals surface area contributed by atoms with Crippen molar-refractivity contribution in [3.8, 4) is 0 Å². The van der Waals surface area contributed by atoms with Crippen LogP contribution < -0.4 is 5.48 Å². The van der Waals surface area contributed by atoms with E-state index in [-0.39, 0.29) is 60.0 Å². The minimum Gasteiger partial charge on any atom is -0.360 e. The summed E-state index contributed by atoms with van der Waals surface area (Å²) in [6, 6.07) is 11.1. The fourth-order valence-corrected chi connectivity index (χ4v) is 3.79. The van der Waals surface area contributed by atoms with Gasteiger partial charge in [0.2, 0.25) is 0 Å². The zero-order valence-electron chi connectivity index (χ0n) is 16.9. The molecule has 3 aromatic rings. The second kappa shape index (κ2) is 8.60. The first-order valence-corrected chi connectivity index (χ1v) is 9.89. The number of Topliss-reactive ketones (excluding diaryl/α,β-unsaturated/α-hetero) is 1. The number of amides is 2. The SMILES string of the molecule is N=C(NO)c1ccc(F)c2c(C(=O)C(=O)N3CCN(C(=O)c4ccccc4)CC3)c[nH]c12. The zero-order valence-corrected chi connectivity index (χ0v) is 16.9. The van der Waals surface area contributed by atoms with Gasteiger partial charge in [-0.05, 0) is 24.3 Å². The highest BCUT2D eigenvalue weighted by molar-refractivity contribution is 6.45. The Kier molecular flexibility index (Phi) is 5.69. The van der Waals surface area contributed by atoms with Crippen LogP contribution in [0.1, 0.15) is 26.3 Å². The first-order valence-electron chi connectivity index (χ1n) is 9.89. The van der Waals surface area contributed by atoms with Gasteiger partial charge in [-0.3, -0.25) is 30.5 Å².